The Morgan fingerprint density at radius 2 is 2.25 bits per heavy atom. The Hall–Kier alpha value is -1.81. The Morgan fingerprint density at radius 1 is 1.40 bits per heavy atom. The molecule has 0 radical (unpaired) electrons. The van der Waals surface area contributed by atoms with Crippen LogP contribution >= 0.6 is 0 Å². The number of benzene rings is 1. The van der Waals surface area contributed by atoms with E-state index in [0.29, 0.717) is 0 Å². The SMILES string of the molecule is COc1ccc(CNC2CC2)cc1Cn1ccnc1C. The van der Waals surface area contributed by atoms with Gasteiger partial charge in [-0.2, -0.15) is 0 Å². The van der Waals surface area contributed by atoms with E-state index in [9.17, 15) is 0 Å². The molecule has 0 saturated heterocycles. The van der Waals surface area contributed by atoms with Crippen molar-refractivity contribution in [1.82, 2.24) is 14.9 Å². The number of aryl methyl sites for hydroxylation is 1. The van der Waals surface area contributed by atoms with Crippen molar-refractivity contribution in [3.63, 3.8) is 0 Å². The second-order valence-corrected chi connectivity index (χ2v) is 5.40. The van der Waals surface area contributed by atoms with Crippen LogP contribution in [-0.4, -0.2) is 22.7 Å². The Bertz CT molecular complexity index is 587. The molecule has 1 aliphatic rings. The van der Waals surface area contributed by atoms with E-state index in [4.69, 9.17) is 4.74 Å². The van der Waals surface area contributed by atoms with E-state index in [0.717, 1.165) is 30.7 Å². The Kier molecular flexibility index (Phi) is 3.74. The van der Waals surface area contributed by atoms with Crippen LogP contribution in [0.3, 0.4) is 0 Å². The van der Waals surface area contributed by atoms with Gasteiger partial charge in [0, 0.05) is 30.5 Å². The molecule has 1 aliphatic carbocycles. The number of hydrogen-bond donors (Lipinski definition) is 1. The minimum atomic E-state index is 0.733. The molecule has 1 heterocycles. The third-order valence-electron chi connectivity index (χ3n) is 3.78. The highest BCUT2D eigenvalue weighted by molar-refractivity contribution is 5.37. The molecule has 3 rings (SSSR count). The standard InChI is InChI=1S/C16H21N3O/c1-12-17-7-8-19(12)11-14-9-13(3-6-16(14)20-2)10-18-15-4-5-15/h3,6-9,15,18H,4-5,10-11H2,1-2H3. The maximum Gasteiger partial charge on any atom is 0.123 e. The van der Waals surface area contributed by atoms with Crippen molar-refractivity contribution in [2.24, 2.45) is 0 Å². The average Bonchev–Trinajstić information content (AvgIpc) is 3.21. The van der Waals surface area contributed by atoms with Crippen molar-refractivity contribution in [2.45, 2.75) is 38.9 Å². The van der Waals surface area contributed by atoms with Gasteiger partial charge in [-0.15, -0.1) is 0 Å². The number of aromatic nitrogens is 2. The van der Waals surface area contributed by atoms with E-state index in [2.05, 4.69) is 33.1 Å². The smallest absolute Gasteiger partial charge is 0.123 e. The quantitative estimate of drug-likeness (QED) is 0.877. The highest BCUT2D eigenvalue weighted by atomic mass is 16.5. The van der Waals surface area contributed by atoms with Gasteiger partial charge < -0.3 is 14.6 Å². The first-order valence-electron chi connectivity index (χ1n) is 7.13. The summed E-state index contributed by atoms with van der Waals surface area (Å²) in [6, 6.07) is 7.16. The van der Waals surface area contributed by atoms with Gasteiger partial charge in [0.1, 0.15) is 11.6 Å². The summed E-state index contributed by atoms with van der Waals surface area (Å²) in [5.41, 5.74) is 2.51. The van der Waals surface area contributed by atoms with Crippen LogP contribution in [0.5, 0.6) is 5.75 Å². The molecule has 106 valence electrons. The summed E-state index contributed by atoms with van der Waals surface area (Å²) in [6.07, 6.45) is 6.47. The van der Waals surface area contributed by atoms with Crippen molar-refractivity contribution in [3.8, 4) is 5.75 Å². The minimum Gasteiger partial charge on any atom is -0.496 e. The molecule has 1 saturated carbocycles. The van der Waals surface area contributed by atoms with E-state index in [1.807, 2.05) is 19.3 Å². The van der Waals surface area contributed by atoms with Gasteiger partial charge in [0.2, 0.25) is 0 Å². The number of nitrogens with zero attached hydrogens (tertiary/aromatic N) is 2. The fourth-order valence-electron chi connectivity index (χ4n) is 2.37. The van der Waals surface area contributed by atoms with Gasteiger partial charge in [-0.3, -0.25) is 0 Å². The molecule has 1 N–H and O–H groups in total. The predicted molar refractivity (Wildman–Crippen MR) is 78.9 cm³/mol. The monoisotopic (exact) mass is 271 g/mol. The van der Waals surface area contributed by atoms with E-state index in [1.165, 1.54) is 24.0 Å². The fraction of sp³-hybridized carbons (Fsp3) is 0.438. The van der Waals surface area contributed by atoms with Crippen molar-refractivity contribution in [2.75, 3.05) is 7.11 Å². The summed E-state index contributed by atoms with van der Waals surface area (Å²) in [5, 5.41) is 3.55. The second-order valence-electron chi connectivity index (χ2n) is 5.40. The number of nitrogens with one attached hydrogen (secondary N) is 1. The highest BCUT2D eigenvalue weighted by Crippen LogP contribution is 2.23. The number of ether oxygens (including phenoxy) is 1. The Balaban J connectivity index is 1.78. The first-order chi connectivity index (χ1) is 9.76. The van der Waals surface area contributed by atoms with Gasteiger partial charge in [0.05, 0.1) is 13.7 Å². The van der Waals surface area contributed by atoms with Crippen LogP contribution in [0, 0.1) is 6.92 Å². The Labute approximate surface area is 119 Å². The molecule has 4 nitrogen and oxygen atoms in total. The molecule has 0 bridgehead atoms. The van der Waals surface area contributed by atoms with E-state index in [1.54, 1.807) is 7.11 Å². The predicted octanol–water partition coefficient (Wildman–Crippen LogP) is 2.50. The third kappa shape index (κ3) is 3.02. The van der Waals surface area contributed by atoms with Crippen LogP contribution in [0.1, 0.15) is 29.8 Å². The molecule has 0 aliphatic heterocycles. The molecule has 0 atom stereocenters. The summed E-state index contributed by atoms with van der Waals surface area (Å²) in [7, 11) is 1.72. The van der Waals surface area contributed by atoms with E-state index in [-0.39, 0.29) is 0 Å². The van der Waals surface area contributed by atoms with Gasteiger partial charge in [0.15, 0.2) is 0 Å². The lowest BCUT2D eigenvalue weighted by molar-refractivity contribution is 0.408. The van der Waals surface area contributed by atoms with Crippen molar-refractivity contribution >= 4 is 0 Å². The zero-order valence-electron chi connectivity index (χ0n) is 12.1. The topological polar surface area (TPSA) is 39.1 Å². The lowest BCUT2D eigenvalue weighted by Crippen LogP contribution is -2.15. The van der Waals surface area contributed by atoms with Crippen molar-refractivity contribution < 1.29 is 4.74 Å². The van der Waals surface area contributed by atoms with Gasteiger partial charge in [-0.25, -0.2) is 4.98 Å². The zero-order valence-corrected chi connectivity index (χ0v) is 12.1. The van der Waals surface area contributed by atoms with Crippen LogP contribution in [0.25, 0.3) is 0 Å². The van der Waals surface area contributed by atoms with Gasteiger partial charge in [-0.05, 0) is 37.5 Å². The molecule has 20 heavy (non-hydrogen) atoms. The number of rotatable bonds is 6. The first kappa shape index (κ1) is 13.2. The van der Waals surface area contributed by atoms with E-state index < -0.39 is 0 Å². The third-order valence-corrected chi connectivity index (χ3v) is 3.78. The molecule has 1 aromatic carbocycles. The summed E-state index contributed by atoms with van der Waals surface area (Å²) >= 11 is 0. The summed E-state index contributed by atoms with van der Waals surface area (Å²) in [6.45, 7) is 3.75. The lowest BCUT2D eigenvalue weighted by Gasteiger charge is -2.13. The summed E-state index contributed by atoms with van der Waals surface area (Å²) in [5.74, 6) is 1.96. The van der Waals surface area contributed by atoms with Crippen LogP contribution in [0.2, 0.25) is 0 Å². The largest absolute Gasteiger partial charge is 0.496 e. The molecule has 1 fully saturated rings. The number of methoxy groups -OCH3 is 1. The summed E-state index contributed by atoms with van der Waals surface area (Å²) in [4.78, 5) is 4.27. The maximum absolute atomic E-state index is 5.47. The van der Waals surface area contributed by atoms with Crippen LogP contribution < -0.4 is 10.1 Å². The van der Waals surface area contributed by atoms with Crippen molar-refractivity contribution in [3.05, 3.63) is 47.5 Å². The van der Waals surface area contributed by atoms with Crippen LogP contribution in [0.15, 0.2) is 30.6 Å². The van der Waals surface area contributed by atoms with Crippen LogP contribution in [0.4, 0.5) is 0 Å². The normalized spacial score (nSPS) is 14.5. The first-order valence-corrected chi connectivity index (χ1v) is 7.13. The number of imidazole rings is 1. The maximum atomic E-state index is 5.47. The fourth-order valence-corrected chi connectivity index (χ4v) is 2.37. The van der Waals surface area contributed by atoms with Gasteiger partial charge >= 0.3 is 0 Å². The molecule has 0 spiro atoms. The average molecular weight is 271 g/mol. The van der Waals surface area contributed by atoms with Crippen LogP contribution in [-0.2, 0) is 13.1 Å². The number of hydrogen-bond acceptors (Lipinski definition) is 3. The summed E-state index contributed by atoms with van der Waals surface area (Å²) < 4.78 is 7.61. The molecule has 1 aromatic heterocycles. The molecule has 2 aromatic rings. The zero-order chi connectivity index (χ0) is 13.9. The van der Waals surface area contributed by atoms with Gasteiger partial charge in [0.25, 0.3) is 0 Å². The highest BCUT2D eigenvalue weighted by Gasteiger charge is 2.20. The molecular weight excluding hydrogens is 250 g/mol. The molecule has 0 unspecified atom stereocenters. The Morgan fingerprint density at radius 3 is 2.90 bits per heavy atom. The van der Waals surface area contributed by atoms with Crippen molar-refractivity contribution in [1.29, 1.82) is 0 Å². The van der Waals surface area contributed by atoms with Gasteiger partial charge in [-0.1, -0.05) is 6.07 Å². The minimum absolute atomic E-state index is 0.733. The lowest BCUT2D eigenvalue weighted by atomic mass is 10.1. The second kappa shape index (κ2) is 5.67. The molecular formula is C16H21N3O. The van der Waals surface area contributed by atoms with E-state index >= 15 is 0 Å². The molecule has 0 amide bonds. The molecule has 4 heteroatoms.